The van der Waals surface area contributed by atoms with Crippen LogP contribution in [0.2, 0.25) is 0 Å². The van der Waals surface area contributed by atoms with Gasteiger partial charge in [0.15, 0.2) is 0 Å². The molecule has 3 unspecified atom stereocenters. The zero-order chi connectivity index (χ0) is 13.8. The van der Waals surface area contributed by atoms with Crippen molar-refractivity contribution in [1.29, 1.82) is 0 Å². The molecule has 0 aliphatic carbocycles. The summed E-state index contributed by atoms with van der Waals surface area (Å²) in [6, 6.07) is 10.1. The second kappa shape index (κ2) is 6.40. The van der Waals surface area contributed by atoms with Crippen LogP contribution in [-0.4, -0.2) is 36.7 Å². The van der Waals surface area contributed by atoms with Crippen LogP contribution in [0.1, 0.15) is 39.3 Å². The second-order valence-electron chi connectivity index (χ2n) is 5.53. The number of hydrogen-bond acceptors (Lipinski definition) is 3. The van der Waals surface area contributed by atoms with Crippen molar-refractivity contribution < 1.29 is 4.74 Å². The zero-order valence-electron chi connectivity index (χ0n) is 12.5. The lowest BCUT2D eigenvalue weighted by Gasteiger charge is -2.41. The normalized spacial score (nSPS) is 26.1. The van der Waals surface area contributed by atoms with Gasteiger partial charge in [-0.1, -0.05) is 12.1 Å². The highest BCUT2D eigenvalue weighted by Gasteiger charge is 2.26. The SMILES string of the molecule is CCOc1ccc(C(C)N2CC(C)NCC2C)cc1. The van der Waals surface area contributed by atoms with Gasteiger partial charge in [0.1, 0.15) is 5.75 Å². The molecule has 19 heavy (non-hydrogen) atoms. The van der Waals surface area contributed by atoms with Crippen molar-refractivity contribution in [2.75, 3.05) is 19.7 Å². The number of nitrogens with zero attached hydrogens (tertiary/aromatic N) is 1. The van der Waals surface area contributed by atoms with Crippen LogP contribution in [0.5, 0.6) is 5.75 Å². The van der Waals surface area contributed by atoms with Crippen molar-refractivity contribution in [2.45, 2.75) is 45.8 Å². The smallest absolute Gasteiger partial charge is 0.119 e. The molecule has 0 aromatic heterocycles. The van der Waals surface area contributed by atoms with Crippen molar-refractivity contribution in [3.05, 3.63) is 29.8 Å². The predicted octanol–water partition coefficient (Wildman–Crippen LogP) is 2.83. The maximum absolute atomic E-state index is 5.50. The van der Waals surface area contributed by atoms with E-state index in [1.54, 1.807) is 0 Å². The molecular weight excluding hydrogens is 236 g/mol. The molecule has 3 nitrogen and oxygen atoms in total. The van der Waals surface area contributed by atoms with Crippen molar-refractivity contribution in [3.63, 3.8) is 0 Å². The fourth-order valence-corrected chi connectivity index (χ4v) is 2.79. The van der Waals surface area contributed by atoms with Gasteiger partial charge in [-0.15, -0.1) is 0 Å². The highest BCUT2D eigenvalue weighted by Crippen LogP contribution is 2.26. The lowest BCUT2D eigenvalue weighted by Crippen LogP contribution is -2.54. The first-order valence-corrected chi connectivity index (χ1v) is 7.33. The Morgan fingerprint density at radius 3 is 2.63 bits per heavy atom. The molecule has 3 atom stereocenters. The molecule has 1 aromatic rings. The first kappa shape index (κ1) is 14.4. The van der Waals surface area contributed by atoms with E-state index < -0.39 is 0 Å². The van der Waals surface area contributed by atoms with Crippen LogP contribution in [0.4, 0.5) is 0 Å². The van der Waals surface area contributed by atoms with E-state index in [1.807, 2.05) is 6.92 Å². The van der Waals surface area contributed by atoms with Crippen LogP contribution in [0.25, 0.3) is 0 Å². The molecule has 0 spiro atoms. The first-order valence-electron chi connectivity index (χ1n) is 7.33. The van der Waals surface area contributed by atoms with Gasteiger partial charge >= 0.3 is 0 Å². The van der Waals surface area contributed by atoms with E-state index in [4.69, 9.17) is 4.74 Å². The van der Waals surface area contributed by atoms with E-state index in [-0.39, 0.29) is 0 Å². The van der Waals surface area contributed by atoms with Crippen LogP contribution in [0, 0.1) is 0 Å². The second-order valence-corrected chi connectivity index (χ2v) is 5.53. The van der Waals surface area contributed by atoms with E-state index in [0.717, 1.165) is 25.4 Å². The molecule has 1 aromatic carbocycles. The highest BCUT2D eigenvalue weighted by molar-refractivity contribution is 5.29. The molecule has 0 saturated carbocycles. The standard InChI is InChI=1S/C16H26N2O/c1-5-19-16-8-6-15(7-9-16)14(4)18-11-12(2)17-10-13(18)3/h6-9,12-14,17H,5,10-11H2,1-4H3. The zero-order valence-corrected chi connectivity index (χ0v) is 12.5. The summed E-state index contributed by atoms with van der Waals surface area (Å²) in [5, 5.41) is 3.53. The first-order chi connectivity index (χ1) is 9.11. The molecule has 0 bridgehead atoms. The molecule has 1 N–H and O–H groups in total. The van der Waals surface area contributed by atoms with Crippen molar-refractivity contribution in [1.82, 2.24) is 10.2 Å². The van der Waals surface area contributed by atoms with Gasteiger partial charge in [0.25, 0.3) is 0 Å². The maximum Gasteiger partial charge on any atom is 0.119 e. The molecule has 106 valence electrons. The summed E-state index contributed by atoms with van der Waals surface area (Å²) < 4.78 is 5.50. The van der Waals surface area contributed by atoms with Gasteiger partial charge in [0, 0.05) is 31.2 Å². The Bertz CT molecular complexity index is 390. The Labute approximate surface area is 116 Å². The topological polar surface area (TPSA) is 24.5 Å². The van der Waals surface area contributed by atoms with Gasteiger partial charge in [-0.25, -0.2) is 0 Å². The summed E-state index contributed by atoms with van der Waals surface area (Å²) in [5.41, 5.74) is 1.37. The third-order valence-electron chi connectivity index (χ3n) is 3.98. The Balaban J connectivity index is 2.07. The molecule has 1 fully saturated rings. The van der Waals surface area contributed by atoms with E-state index in [1.165, 1.54) is 5.56 Å². The molecule has 1 saturated heterocycles. The maximum atomic E-state index is 5.50. The molecule has 0 radical (unpaired) electrons. The Morgan fingerprint density at radius 1 is 1.32 bits per heavy atom. The molecule has 2 rings (SSSR count). The van der Waals surface area contributed by atoms with E-state index >= 15 is 0 Å². The van der Waals surface area contributed by atoms with Crippen molar-refractivity contribution >= 4 is 0 Å². The minimum Gasteiger partial charge on any atom is -0.494 e. The fourth-order valence-electron chi connectivity index (χ4n) is 2.79. The van der Waals surface area contributed by atoms with Crippen LogP contribution in [-0.2, 0) is 0 Å². The Hall–Kier alpha value is -1.06. The van der Waals surface area contributed by atoms with Crippen LogP contribution >= 0.6 is 0 Å². The van der Waals surface area contributed by atoms with Gasteiger partial charge in [0.05, 0.1) is 6.61 Å². The van der Waals surface area contributed by atoms with Crippen LogP contribution in [0.15, 0.2) is 24.3 Å². The molecule has 0 amide bonds. The summed E-state index contributed by atoms with van der Waals surface area (Å²) in [5.74, 6) is 0.958. The molecule has 1 heterocycles. The summed E-state index contributed by atoms with van der Waals surface area (Å²) in [7, 11) is 0. The third-order valence-corrected chi connectivity index (χ3v) is 3.98. The molecule has 1 aliphatic rings. The van der Waals surface area contributed by atoms with Crippen molar-refractivity contribution in [3.8, 4) is 5.75 Å². The van der Waals surface area contributed by atoms with E-state index in [9.17, 15) is 0 Å². The number of benzene rings is 1. The van der Waals surface area contributed by atoms with Gasteiger partial charge < -0.3 is 10.1 Å². The summed E-state index contributed by atoms with van der Waals surface area (Å²) >= 11 is 0. The molecule has 3 heteroatoms. The van der Waals surface area contributed by atoms with Crippen LogP contribution in [0.3, 0.4) is 0 Å². The highest BCUT2D eigenvalue weighted by atomic mass is 16.5. The number of piperazine rings is 1. The number of hydrogen-bond donors (Lipinski definition) is 1. The largest absolute Gasteiger partial charge is 0.494 e. The van der Waals surface area contributed by atoms with E-state index in [0.29, 0.717) is 18.1 Å². The third kappa shape index (κ3) is 3.48. The van der Waals surface area contributed by atoms with Crippen LogP contribution < -0.4 is 10.1 Å². The van der Waals surface area contributed by atoms with Gasteiger partial charge in [0.2, 0.25) is 0 Å². The Morgan fingerprint density at radius 2 is 2.00 bits per heavy atom. The van der Waals surface area contributed by atoms with Crippen molar-refractivity contribution in [2.24, 2.45) is 0 Å². The minimum atomic E-state index is 0.454. The monoisotopic (exact) mass is 262 g/mol. The molecule has 1 aliphatic heterocycles. The average Bonchev–Trinajstić information content (AvgIpc) is 2.42. The fraction of sp³-hybridized carbons (Fsp3) is 0.625. The van der Waals surface area contributed by atoms with Gasteiger partial charge in [-0.05, 0) is 45.4 Å². The lowest BCUT2D eigenvalue weighted by molar-refractivity contribution is 0.103. The van der Waals surface area contributed by atoms with Gasteiger partial charge in [-0.2, -0.15) is 0 Å². The Kier molecular flexibility index (Phi) is 4.83. The number of nitrogens with one attached hydrogen (secondary N) is 1. The quantitative estimate of drug-likeness (QED) is 0.903. The predicted molar refractivity (Wildman–Crippen MR) is 79.7 cm³/mol. The molecular formula is C16H26N2O. The summed E-state index contributed by atoms with van der Waals surface area (Å²) in [6.07, 6.45) is 0. The number of rotatable bonds is 4. The van der Waals surface area contributed by atoms with E-state index in [2.05, 4.69) is 55.3 Å². The summed E-state index contributed by atoms with van der Waals surface area (Å²) in [4.78, 5) is 2.58. The number of ether oxygens (including phenoxy) is 1. The van der Waals surface area contributed by atoms with Gasteiger partial charge in [-0.3, -0.25) is 4.90 Å². The minimum absolute atomic E-state index is 0.454. The average molecular weight is 262 g/mol. The summed E-state index contributed by atoms with van der Waals surface area (Å²) in [6.45, 7) is 11.8. The lowest BCUT2D eigenvalue weighted by atomic mass is 10.0.